The lowest BCUT2D eigenvalue weighted by molar-refractivity contribution is 0.190. The topological polar surface area (TPSA) is 68.3 Å². The van der Waals surface area contributed by atoms with Crippen LogP contribution in [0.3, 0.4) is 0 Å². The molecule has 0 N–H and O–H groups in total. The number of likely N-dealkylation sites (tertiary alicyclic amines) is 1. The molecule has 6 nitrogen and oxygen atoms in total. The van der Waals surface area contributed by atoms with Crippen molar-refractivity contribution in [3.8, 4) is 0 Å². The number of sulfone groups is 1. The molecule has 0 unspecified atom stereocenters. The molecule has 24 heavy (non-hydrogen) atoms. The zero-order valence-electron chi connectivity index (χ0n) is 13.1. The third kappa shape index (κ3) is 3.22. The van der Waals surface area contributed by atoms with Crippen molar-refractivity contribution in [2.75, 3.05) is 18.1 Å². The van der Waals surface area contributed by atoms with E-state index in [1.807, 2.05) is 0 Å². The van der Waals surface area contributed by atoms with Crippen LogP contribution in [0.1, 0.15) is 42.0 Å². The Morgan fingerprint density at radius 2 is 2.29 bits per heavy atom. The minimum atomic E-state index is -2.96. The van der Waals surface area contributed by atoms with E-state index in [9.17, 15) is 8.42 Å². The van der Waals surface area contributed by atoms with Gasteiger partial charge in [0.15, 0.2) is 9.84 Å². The molecular formula is C15H19N3O3S3. The SMILES string of the molecule is O=S1(=O)CC[C@@H](c2nn(CN3CCC[C@@H]3c3cccs3)c(=S)o2)C1. The lowest BCUT2D eigenvalue weighted by atomic mass is 10.1. The normalized spacial score (nSPS) is 27.0. The van der Waals surface area contributed by atoms with Crippen molar-refractivity contribution < 1.29 is 12.8 Å². The second kappa shape index (κ2) is 6.36. The zero-order valence-corrected chi connectivity index (χ0v) is 15.6. The Morgan fingerprint density at radius 3 is 3.00 bits per heavy atom. The Bertz CT molecular complexity index is 869. The first-order valence-electron chi connectivity index (χ1n) is 8.07. The molecular weight excluding hydrogens is 366 g/mol. The van der Waals surface area contributed by atoms with Gasteiger partial charge in [0, 0.05) is 17.5 Å². The molecule has 0 saturated carbocycles. The van der Waals surface area contributed by atoms with Crippen molar-refractivity contribution in [2.45, 2.75) is 37.9 Å². The van der Waals surface area contributed by atoms with Crippen molar-refractivity contribution >= 4 is 33.4 Å². The highest BCUT2D eigenvalue weighted by Crippen LogP contribution is 2.35. The number of thiophene rings is 1. The van der Waals surface area contributed by atoms with Gasteiger partial charge >= 0.3 is 0 Å². The van der Waals surface area contributed by atoms with E-state index in [4.69, 9.17) is 16.6 Å². The van der Waals surface area contributed by atoms with Gasteiger partial charge in [-0.25, -0.2) is 13.1 Å². The quantitative estimate of drug-likeness (QED) is 0.754. The van der Waals surface area contributed by atoms with Gasteiger partial charge < -0.3 is 4.42 Å². The molecule has 2 aliphatic rings. The summed E-state index contributed by atoms with van der Waals surface area (Å²) in [6.07, 6.45) is 2.86. The fourth-order valence-corrected chi connectivity index (χ4v) is 6.35. The van der Waals surface area contributed by atoms with Crippen LogP contribution in [0, 0.1) is 4.84 Å². The molecule has 2 aromatic heterocycles. The summed E-state index contributed by atoms with van der Waals surface area (Å²) >= 11 is 7.08. The molecule has 2 atom stereocenters. The molecule has 0 aliphatic carbocycles. The monoisotopic (exact) mass is 385 g/mol. The van der Waals surface area contributed by atoms with Crippen LogP contribution in [-0.2, 0) is 16.5 Å². The van der Waals surface area contributed by atoms with E-state index in [0.29, 0.717) is 29.9 Å². The van der Waals surface area contributed by atoms with Gasteiger partial charge in [0.1, 0.15) is 0 Å². The summed E-state index contributed by atoms with van der Waals surface area (Å²) in [7, 11) is -2.96. The van der Waals surface area contributed by atoms with Crippen molar-refractivity contribution in [1.82, 2.24) is 14.7 Å². The number of hydrogen-bond acceptors (Lipinski definition) is 7. The summed E-state index contributed by atoms with van der Waals surface area (Å²) in [5, 5.41) is 6.58. The molecule has 2 aliphatic heterocycles. The summed E-state index contributed by atoms with van der Waals surface area (Å²) in [5.74, 6) is 0.626. The van der Waals surface area contributed by atoms with Gasteiger partial charge in [0.2, 0.25) is 5.89 Å². The van der Waals surface area contributed by atoms with Gasteiger partial charge in [-0.3, -0.25) is 4.90 Å². The molecule has 0 spiro atoms. The Labute approximate surface area is 150 Å². The number of aromatic nitrogens is 2. The van der Waals surface area contributed by atoms with Crippen LogP contribution in [0.25, 0.3) is 0 Å². The van der Waals surface area contributed by atoms with E-state index in [2.05, 4.69) is 27.5 Å². The Morgan fingerprint density at radius 1 is 1.42 bits per heavy atom. The predicted molar refractivity (Wildman–Crippen MR) is 94.3 cm³/mol. The van der Waals surface area contributed by atoms with Crippen LogP contribution >= 0.6 is 23.6 Å². The zero-order chi connectivity index (χ0) is 16.7. The van der Waals surface area contributed by atoms with Crippen LogP contribution in [0.2, 0.25) is 0 Å². The van der Waals surface area contributed by atoms with E-state index >= 15 is 0 Å². The number of hydrogen-bond donors (Lipinski definition) is 0. The fraction of sp³-hybridized carbons (Fsp3) is 0.600. The molecule has 0 amide bonds. The summed E-state index contributed by atoms with van der Waals surface area (Å²) < 4.78 is 30.6. The van der Waals surface area contributed by atoms with E-state index in [-0.39, 0.29) is 17.4 Å². The minimum absolute atomic E-state index is 0.115. The highest BCUT2D eigenvalue weighted by Gasteiger charge is 2.33. The Kier molecular flexibility index (Phi) is 4.36. The molecule has 9 heteroatoms. The maximum absolute atomic E-state index is 11.6. The molecule has 2 saturated heterocycles. The van der Waals surface area contributed by atoms with Gasteiger partial charge in [-0.2, -0.15) is 0 Å². The largest absolute Gasteiger partial charge is 0.414 e. The first kappa shape index (κ1) is 16.4. The lowest BCUT2D eigenvalue weighted by Crippen LogP contribution is -2.26. The van der Waals surface area contributed by atoms with Gasteiger partial charge in [0.05, 0.1) is 24.1 Å². The number of nitrogens with zero attached hydrogens (tertiary/aromatic N) is 3. The standard InChI is InChI=1S/C15H19N3O3S3/c19-24(20)8-5-11(9-24)14-16-18(15(22)21-14)10-17-6-1-3-12(17)13-4-2-7-23-13/h2,4,7,11-12H,1,3,5-6,8-10H2/t11-,12-/m1/s1. The van der Waals surface area contributed by atoms with Crippen LogP contribution in [0.15, 0.2) is 21.9 Å². The highest BCUT2D eigenvalue weighted by atomic mass is 32.2. The van der Waals surface area contributed by atoms with Crippen LogP contribution < -0.4 is 0 Å². The highest BCUT2D eigenvalue weighted by molar-refractivity contribution is 7.91. The van der Waals surface area contributed by atoms with E-state index in [1.54, 1.807) is 16.0 Å². The number of rotatable bonds is 4. The van der Waals surface area contributed by atoms with Crippen LogP contribution in [0.4, 0.5) is 0 Å². The van der Waals surface area contributed by atoms with Gasteiger partial charge in [0.25, 0.3) is 4.84 Å². The van der Waals surface area contributed by atoms with Crippen LogP contribution in [0.5, 0.6) is 0 Å². The van der Waals surface area contributed by atoms with Crippen molar-refractivity contribution in [3.05, 3.63) is 33.1 Å². The molecule has 2 fully saturated rings. The second-order valence-electron chi connectivity index (χ2n) is 6.43. The van der Waals surface area contributed by atoms with Crippen molar-refractivity contribution in [1.29, 1.82) is 0 Å². The second-order valence-corrected chi connectivity index (χ2v) is 9.99. The first-order valence-corrected chi connectivity index (χ1v) is 11.2. The lowest BCUT2D eigenvalue weighted by Gasteiger charge is -2.22. The van der Waals surface area contributed by atoms with E-state index in [0.717, 1.165) is 19.4 Å². The molecule has 4 rings (SSSR count). The first-order chi connectivity index (χ1) is 11.5. The molecule has 0 bridgehead atoms. The fourth-order valence-electron chi connectivity index (χ4n) is 3.54. The summed E-state index contributed by atoms with van der Waals surface area (Å²) in [6.45, 7) is 1.59. The third-order valence-electron chi connectivity index (χ3n) is 4.75. The van der Waals surface area contributed by atoms with E-state index in [1.165, 1.54) is 4.88 Å². The van der Waals surface area contributed by atoms with Crippen molar-refractivity contribution in [3.63, 3.8) is 0 Å². The van der Waals surface area contributed by atoms with Gasteiger partial charge in [-0.1, -0.05) is 6.07 Å². The average molecular weight is 386 g/mol. The minimum Gasteiger partial charge on any atom is -0.414 e. The third-order valence-corrected chi connectivity index (χ3v) is 7.79. The van der Waals surface area contributed by atoms with Crippen molar-refractivity contribution in [2.24, 2.45) is 0 Å². The van der Waals surface area contributed by atoms with Gasteiger partial charge in [-0.05, 0) is 42.9 Å². The molecule has 4 heterocycles. The molecule has 130 valence electrons. The predicted octanol–water partition coefficient (Wildman–Crippen LogP) is 2.96. The Balaban J connectivity index is 1.52. The summed E-state index contributed by atoms with van der Waals surface area (Å²) in [4.78, 5) is 4.05. The summed E-state index contributed by atoms with van der Waals surface area (Å²) in [6, 6.07) is 4.65. The molecule has 0 radical (unpaired) electrons. The maximum atomic E-state index is 11.6. The average Bonchev–Trinajstić information content (AvgIpc) is 3.27. The van der Waals surface area contributed by atoms with Gasteiger partial charge in [-0.15, -0.1) is 16.4 Å². The molecule has 0 aromatic carbocycles. The smallest absolute Gasteiger partial charge is 0.288 e. The summed E-state index contributed by atoms with van der Waals surface area (Å²) in [5.41, 5.74) is 0. The molecule has 2 aromatic rings. The van der Waals surface area contributed by atoms with E-state index < -0.39 is 9.84 Å². The Hall–Kier alpha value is -1.03. The maximum Gasteiger partial charge on any atom is 0.288 e. The van der Waals surface area contributed by atoms with Crippen LogP contribution in [-0.4, -0.2) is 41.1 Å².